The fraction of sp³-hybridized carbons (Fsp3) is 0.583. The van der Waals surface area contributed by atoms with Gasteiger partial charge in [0.25, 0.3) is 0 Å². The zero-order valence-corrected chi connectivity index (χ0v) is 9.83. The standard InChI is InChI=1S/C12H21N3/c1-4-9(2)8-10(3)15-11-6-5-7-14-12(11)13/h5-7,9-10,15H,4,8H2,1-3H3,(H2,13,14). The Morgan fingerprint density at radius 2 is 2.20 bits per heavy atom. The predicted octanol–water partition coefficient (Wildman–Crippen LogP) is 2.90. The van der Waals surface area contributed by atoms with Gasteiger partial charge in [-0.3, -0.25) is 0 Å². The van der Waals surface area contributed by atoms with Crippen LogP contribution in [0.2, 0.25) is 0 Å². The Kier molecular flexibility index (Phi) is 4.40. The first-order valence-electron chi connectivity index (χ1n) is 5.60. The van der Waals surface area contributed by atoms with Crippen molar-refractivity contribution in [1.82, 2.24) is 4.98 Å². The maximum absolute atomic E-state index is 5.76. The average molecular weight is 207 g/mol. The fourth-order valence-corrected chi connectivity index (χ4v) is 1.63. The molecule has 0 aromatic carbocycles. The summed E-state index contributed by atoms with van der Waals surface area (Å²) in [6, 6.07) is 4.30. The Morgan fingerprint density at radius 3 is 2.80 bits per heavy atom. The van der Waals surface area contributed by atoms with Crippen LogP contribution in [-0.2, 0) is 0 Å². The van der Waals surface area contributed by atoms with E-state index in [9.17, 15) is 0 Å². The molecule has 3 nitrogen and oxygen atoms in total. The highest BCUT2D eigenvalue weighted by Gasteiger charge is 2.08. The van der Waals surface area contributed by atoms with E-state index in [0.29, 0.717) is 11.9 Å². The Balaban J connectivity index is 2.51. The van der Waals surface area contributed by atoms with E-state index in [4.69, 9.17) is 5.73 Å². The molecule has 0 aliphatic rings. The third-order valence-electron chi connectivity index (χ3n) is 2.69. The monoisotopic (exact) mass is 207 g/mol. The number of pyridine rings is 1. The number of anilines is 2. The zero-order valence-electron chi connectivity index (χ0n) is 9.83. The van der Waals surface area contributed by atoms with E-state index in [1.807, 2.05) is 12.1 Å². The number of rotatable bonds is 5. The van der Waals surface area contributed by atoms with Crippen LogP contribution < -0.4 is 11.1 Å². The predicted molar refractivity (Wildman–Crippen MR) is 65.8 cm³/mol. The minimum Gasteiger partial charge on any atom is -0.382 e. The highest BCUT2D eigenvalue weighted by Crippen LogP contribution is 2.18. The lowest BCUT2D eigenvalue weighted by Crippen LogP contribution is -2.19. The summed E-state index contributed by atoms with van der Waals surface area (Å²) in [6.07, 6.45) is 4.08. The summed E-state index contributed by atoms with van der Waals surface area (Å²) < 4.78 is 0. The number of hydrogen-bond donors (Lipinski definition) is 2. The summed E-state index contributed by atoms with van der Waals surface area (Å²) in [5.41, 5.74) is 6.70. The molecule has 3 N–H and O–H groups in total. The number of nitrogen functional groups attached to an aromatic ring is 1. The highest BCUT2D eigenvalue weighted by molar-refractivity contribution is 5.61. The number of nitrogens with two attached hydrogens (primary N) is 1. The smallest absolute Gasteiger partial charge is 0.146 e. The van der Waals surface area contributed by atoms with Gasteiger partial charge in [-0.05, 0) is 31.4 Å². The van der Waals surface area contributed by atoms with Crippen molar-refractivity contribution in [2.45, 2.75) is 39.7 Å². The lowest BCUT2D eigenvalue weighted by Gasteiger charge is -2.19. The minimum atomic E-state index is 0.437. The summed E-state index contributed by atoms with van der Waals surface area (Å²) in [7, 11) is 0. The largest absolute Gasteiger partial charge is 0.382 e. The molecule has 2 atom stereocenters. The second-order valence-corrected chi connectivity index (χ2v) is 4.23. The van der Waals surface area contributed by atoms with E-state index in [-0.39, 0.29) is 0 Å². The molecule has 15 heavy (non-hydrogen) atoms. The van der Waals surface area contributed by atoms with Gasteiger partial charge in [-0.2, -0.15) is 0 Å². The van der Waals surface area contributed by atoms with Crippen LogP contribution in [0, 0.1) is 5.92 Å². The molecule has 0 radical (unpaired) electrons. The van der Waals surface area contributed by atoms with Crippen molar-refractivity contribution in [1.29, 1.82) is 0 Å². The Morgan fingerprint density at radius 1 is 1.47 bits per heavy atom. The van der Waals surface area contributed by atoms with E-state index in [0.717, 1.165) is 18.0 Å². The summed E-state index contributed by atoms with van der Waals surface area (Å²) in [5.74, 6) is 1.32. The van der Waals surface area contributed by atoms with Crippen LogP contribution in [-0.4, -0.2) is 11.0 Å². The van der Waals surface area contributed by atoms with Crippen molar-refractivity contribution in [3.63, 3.8) is 0 Å². The highest BCUT2D eigenvalue weighted by atomic mass is 15.0. The summed E-state index contributed by atoms with van der Waals surface area (Å²) in [4.78, 5) is 4.05. The molecule has 0 spiro atoms. The lowest BCUT2D eigenvalue weighted by molar-refractivity contribution is 0.484. The third-order valence-corrected chi connectivity index (χ3v) is 2.69. The molecular weight excluding hydrogens is 186 g/mol. The number of nitrogens with one attached hydrogen (secondary N) is 1. The molecule has 1 aromatic rings. The van der Waals surface area contributed by atoms with Gasteiger partial charge < -0.3 is 11.1 Å². The molecule has 0 amide bonds. The third kappa shape index (κ3) is 3.78. The van der Waals surface area contributed by atoms with Crippen molar-refractivity contribution in [2.75, 3.05) is 11.1 Å². The average Bonchev–Trinajstić information content (AvgIpc) is 2.21. The molecule has 1 aromatic heterocycles. The van der Waals surface area contributed by atoms with E-state index in [2.05, 4.69) is 31.1 Å². The maximum Gasteiger partial charge on any atom is 0.146 e. The molecule has 0 saturated heterocycles. The molecular formula is C12H21N3. The van der Waals surface area contributed by atoms with Crippen LogP contribution in [0.15, 0.2) is 18.3 Å². The molecule has 1 heterocycles. The molecule has 2 unspecified atom stereocenters. The molecule has 0 aliphatic heterocycles. The molecule has 0 bridgehead atoms. The van der Waals surface area contributed by atoms with Gasteiger partial charge in [-0.1, -0.05) is 20.3 Å². The van der Waals surface area contributed by atoms with E-state index >= 15 is 0 Å². The molecule has 0 fully saturated rings. The Bertz CT molecular complexity index is 299. The van der Waals surface area contributed by atoms with Gasteiger partial charge in [0.05, 0.1) is 5.69 Å². The first-order valence-corrected chi connectivity index (χ1v) is 5.60. The van der Waals surface area contributed by atoms with Crippen LogP contribution >= 0.6 is 0 Å². The van der Waals surface area contributed by atoms with E-state index in [1.165, 1.54) is 6.42 Å². The summed E-state index contributed by atoms with van der Waals surface area (Å²) >= 11 is 0. The van der Waals surface area contributed by atoms with Crippen LogP contribution in [0.4, 0.5) is 11.5 Å². The SMILES string of the molecule is CCC(C)CC(C)Nc1cccnc1N. The first kappa shape index (κ1) is 11.8. The lowest BCUT2D eigenvalue weighted by atomic mass is 10.0. The Hall–Kier alpha value is -1.25. The van der Waals surface area contributed by atoms with Gasteiger partial charge >= 0.3 is 0 Å². The van der Waals surface area contributed by atoms with Crippen molar-refractivity contribution in [3.05, 3.63) is 18.3 Å². The van der Waals surface area contributed by atoms with Gasteiger partial charge in [0.2, 0.25) is 0 Å². The van der Waals surface area contributed by atoms with Gasteiger partial charge in [0.1, 0.15) is 5.82 Å². The number of aromatic nitrogens is 1. The quantitative estimate of drug-likeness (QED) is 0.780. The summed E-state index contributed by atoms with van der Waals surface area (Å²) in [6.45, 7) is 6.67. The van der Waals surface area contributed by atoms with Crippen molar-refractivity contribution >= 4 is 11.5 Å². The van der Waals surface area contributed by atoms with Crippen LogP contribution in [0.3, 0.4) is 0 Å². The van der Waals surface area contributed by atoms with Gasteiger partial charge in [-0.25, -0.2) is 4.98 Å². The second-order valence-electron chi connectivity index (χ2n) is 4.23. The number of nitrogens with zero attached hydrogens (tertiary/aromatic N) is 1. The molecule has 0 aliphatic carbocycles. The molecule has 84 valence electrons. The molecule has 0 saturated carbocycles. The van der Waals surface area contributed by atoms with Crippen molar-refractivity contribution in [3.8, 4) is 0 Å². The maximum atomic E-state index is 5.76. The summed E-state index contributed by atoms with van der Waals surface area (Å²) in [5, 5.41) is 3.39. The number of hydrogen-bond acceptors (Lipinski definition) is 3. The fourth-order valence-electron chi connectivity index (χ4n) is 1.63. The molecule has 3 heteroatoms. The van der Waals surface area contributed by atoms with Crippen LogP contribution in [0.5, 0.6) is 0 Å². The van der Waals surface area contributed by atoms with Gasteiger partial charge in [-0.15, -0.1) is 0 Å². The van der Waals surface area contributed by atoms with Crippen LogP contribution in [0.25, 0.3) is 0 Å². The topological polar surface area (TPSA) is 50.9 Å². The second kappa shape index (κ2) is 5.59. The Labute approximate surface area is 92.1 Å². The van der Waals surface area contributed by atoms with Gasteiger partial charge in [0.15, 0.2) is 0 Å². The van der Waals surface area contributed by atoms with E-state index < -0.39 is 0 Å². The normalized spacial score (nSPS) is 14.6. The van der Waals surface area contributed by atoms with E-state index in [1.54, 1.807) is 6.20 Å². The zero-order chi connectivity index (χ0) is 11.3. The molecule has 1 rings (SSSR count). The van der Waals surface area contributed by atoms with Crippen molar-refractivity contribution in [2.24, 2.45) is 5.92 Å². The minimum absolute atomic E-state index is 0.437. The van der Waals surface area contributed by atoms with Gasteiger partial charge in [0, 0.05) is 12.2 Å². The van der Waals surface area contributed by atoms with Crippen molar-refractivity contribution < 1.29 is 0 Å². The first-order chi connectivity index (χ1) is 7.13. The van der Waals surface area contributed by atoms with Crippen LogP contribution in [0.1, 0.15) is 33.6 Å².